The first kappa shape index (κ1) is 23.2. The van der Waals surface area contributed by atoms with E-state index in [1.54, 1.807) is 24.3 Å². The van der Waals surface area contributed by atoms with Crippen LogP contribution < -0.4 is 10.2 Å². The molecule has 0 atom stereocenters. The van der Waals surface area contributed by atoms with Gasteiger partial charge in [-0.25, -0.2) is 17.8 Å². The molecule has 1 aliphatic rings. The van der Waals surface area contributed by atoms with Gasteiger partial charge in [0.25, 0.3) is 5.91 Å². The fraction of sp³-hybridized carbons (Fsp3) is 0.227. The number of hydrogen-bond acceptors (Lipinski definition) is 8. The van der Waals surface area contributed by atoms with Gasteiger partial charge in [0.2, 0.25) is 10.0 Å². The van der Waals surface area contributed by atoms with Crippen molar-refractivity contribution in [2.45, 2.75) is 11.4 Å². The Bertz CT molecular complexity index is 1320. The molecular formula is C22H20FN7O3S. The number of rotatable bonds is 6. The van der Waals surface area contributed by atoms with Crippen LogP contribution in [-0.2, 0) is 16.6 Å². The Morgan fingerprint density at radius 1 is 1.06 bits per heavy atom. The van der Waals surface area contributed by atoms with E-state index in [4.69, 9.17) is 0 Å². The van der Waals surface area contributed by atoms with Gasteiger partial charge in [0.05, 0.1) is 0 Å². The number of piperazine rings is 1. The first-order chi connectivity index (χ1) is 16.4. The van der Waals surface area contributed by atoms with E-state index in [-0.39, 0.29) is 41.7 Å². The molecule has 0 bridgehead atoms. The number of sulfonamides is 1. The lowest BCUT2D eigenvalue weighted by Crippen LogP contribution is -2.49. The fourth-order valence-electron chi connectivity index (χ4n) is 3.47. The Hall–Kier alpha value is -3.95. The van der Waals surface area contributed by atoms with Crippen molar-refractivity contribution >= 4 is 21.7 Å². The van der Waals surface area contributed by atoms with Crippen LogP contribution in [0.1, 0.15) is 21.7 Å². The van der Waals surface area contributed by atoms with E-state index in [1.807, 2.05) is 11.0 Å². The molecule has 3 heterocycles. The maximum Gasteiger partial charge on any atom is 0.272 e. The number of carbonyl (C=O) groups is 1. The normalized spacial score (nSPS) is 14.4. The largest absolute Gasteiger partial charge is 0.352 e. The van der Waals surface area contributed by atoms with Crippen LogP contribution in [0.4, 0.5) is 10.2 Å². The first-order valence-electron chi connectivity index (χ1n) is 10.3. The second kappa shape index (κ2) is 9.90. The summed E-state index contributed by atoms with van der Waals surface area (Å²) in [7, 11) is -3.85. The molecule has 1 saturated heterocycles. The number of nitrogens with one attached hydrogen (secondary N) is 1. The second-order valence-electron chi connectivity index (χ2n) is 7.44. The first-order valence-corrected chi connectivity index (χ1v) is 11.8. The Labute approximate surface area is 195 Å². The number of nitrogens with zero attached hydrogens (tertiary/aromatic N) is 6. The van der Waals surface area contributed by atoms with E-state index in [0.29, 0.717) is 18.9 Å². The van der Waals surface area contributed by atoms with Gasteiger partial charge in [-0.2, -0.15) is 9.57 Å². The van der Waals surface area contributed by atoms with Crippen molar-refractivity contribution in [3.8, 4) is 6.07 Å². The van der Waals surface area contributed by atoms with Gasteiger partial charge in [-0.15, -0.1) is 10.2 Å². The Morgan fingerprint density at radius 3 is 2.44 bits per heavy atom. The van der Waals surface area contributed by atoms with Gasteiger partial charge in [-0.1, -0.05) is 12.1 Å². The minimum atomic E-state index is -3.85. The summed E-state index contributed by atoms with van der Waals surface area (Å²) >= 11 is 0. The number of anilines is 1. The summed E-state index contributed by atoms with van der Waals surface area (Å²) in [6.07, 6.45) is 1.38. The summed E-state index contributed by atoms with van der Waals surface area (Å²) in [5.74, 6) is -0.241. The third-order valence-corrected chi connectivity index (χ3v) is 7.24. The molecule has 1 aromatic carbocycles. The average molecular weight is 482 g/mol. The molecule has 1 N–H and O–H groups in total. The molecule has 1 fully saturated rings. The Kier molecular flexibility index (Phi) is 6.76. The lowest BCUT2D eigenvalue weighted by molar-refractivity contribution is 0.0945. The monoisotopic (exact) mass is 481 g/mol. The van der Waals surface area contributed by atoms with Crippen LogP contribution in [0.5, 0.6) is 0 Å². The third kappa shape index (κ3) is 5.00. The van der Waals surface area contributed by atoms with Crippen molar-refractivity contribution < 1.29 is 17.6 Å². The highest BCUT2D eigenvalue weighted by atomic mass is 32.2. The lowest BCUT2D eigenvalue weighted by Gasteiger charge is -2.34. The molecule has 34 heavy (non-hydrogen) atoms. The molecular weight excluding hydrogens is 461 g/mol. The fourth-order valence-corrected chi connectivity index (χ4v) is 4.98. The van der Waals surface area contributed by atoms with E-state index in [1.165, 1.54) is 34.8 Å². The molecule has 1 aliphatic heterocycles. The number of nitriles is 1. The van der Waals surface area contributed by atoms with E-state index in [0.717, 1.165) is 5.56 Å². The van der Waals surface area contributed by atoms with Crippen molar-refractivity contribution in [1.82, 2.24) is 24.8 Å². The van der Waals surface area contributed by atoms with Gasteiger partial charge in [0, 0.05) is 38.9 Å². The molecule has 10 nitrogen and oxygen atoms in total. The molecule has 0 radical (unpaired) electrons. The van der Waals surface area contributed by atoms with Crippen molar-refractivity contribution in [3.63, 3.8) is 0 Å². The molecule has 0 spiro atoms. The van der Waals surface area contributed by atoms with Crippen molar-refractivity contribution in [2.24, 2.45) is 0 Å². The number of carbonyl (C=O) groups excluding carboxylic acids is 1. The van der Waals surface area contributed by atoms with Crippen LogP contribution in [0.2, 0.25) is 0 Å². The van der Waals surface area contributed by atoms with Crippen LogP contribution in [0, 0.1) is 17.1 Å². The summed E-state index contributed by atoms with van der Waals surface area (Å²) in [5, 5.41) is 20.0. The summed E-state index contributed by atoms with van der Waals surface area (Å²) < 4.78 is 40.2. The zero-order valence-corrected chi connectivity index (χ0v) is 18.7. The van der Waals surface area contributed by atoms with E-state index < -0.39 is 15.9 Å². The number of amides is 1. The smallest absolute Gasteiger partial charge is 0.272 e. The maximum absolute atomic E-state index is 13.0. The second-order valence-corrected chi connectivity index (χ2v) is 9.35. The lowest BCUT2D eigenvalue weighted by atomic mass is 10.2. The SMILES string of the molecule is N#Cc1ncccc1S(=O)(=O)N1CCN(c2ccc(C(=O)NCc3ccc(F)cc3)nn2)CC1. The number of hydrogen-bond donors (Lipinski definition) is 1. The quantitative estimate of drug-likeness (QED) is 0.558. The van der Waals surface area contributed by atoms with Crippen molar-refractivity contribution in [1.29, 1.82) is 5.26 Å². The molecule has 0 unspecified atom stereocenters. The van der Waals surface area contributed by atoms with Gasteiger partial charge < -0.3 is 10.2 Å². The molecule has 0 aliphatic carbocycles. The van der Waals surface area contributed by atoms with Gasteiger partial charge in [0.1, 0.15) is 16.8 Å². The topological polar surface area (TPSA) is 132 Å². The Morgan fingerprint density at radius 2 is 1.79 bits per heavy atom. The molecule has 12 heteroatoms. The number of benzene rings is 1. The van der Waals surface area contributed by atoms with Gasteiger partial charge in [-0.3, -0.25) is 4.79 Å². The predicted octanol–water partition coefficient (Wildman–Crippen LogP) is 1.32. The van der Waals surface area contributed by atoms with Crippen molar-refractivity contribution in [2.75, 3.05) is 31.1 Å². The predicted molar refractivity (Wildman–Crippen MR) is 120 cm³/mol. The summed E-state index contributed by atoms with van der Waals surface area (Å²) in [6.45, 7) is 1.36. The van der Waals surface area contributed by atoms with E-state index in [9.17, 15) is 22.9 Å². The number of aromatic nitrogens is 3. The summed E-state index contributed by atoms with van der Waals surface area (Å²) in [4.78, 5) is 17.9. The zero-order valence-electron chi connectivity index (χ0n) is 17.9. The third-order valence-electron chi connectivity index (χ3n) is 5.31. The summed E-state index contributed by atoms with van der Waals surface area (Å²) in [6, 6.07) is 13.7. The van der Waals surface area contributed by atoms with Gasteiger partial charge in [-0.05, 0) is 42.0 Å². The molecule has 2 aromatic heterocycles. The van der Waals surface area contributed by atoms with Crippen LogP contribution >= 0.6 is 0 Å². The average Bonchev–Trinajstić information content (AvgIpc) is 2.88. The highest BCUT2D eigenvalue weighted by molar-refractivity contribution is 7.89. The van der Waals surface area contributed by atoms with E-state index in [2.05, 4.69) is 20.5 Å². The van der Waals surface area contributed by atoms with E-state index >= 15 is 0 Å². The van der Waals surface area contributed by atoms with Gasteiger partial charge >= 0.3 is 0 Å². The molecule has 174 valence electrons. The van der Waals surface area contributed by atoms with Crippen LogP contribution in [0.15, 0.2) is 59.6 Å². The zero-order chi connectivity index (χ0) is 24.1. The standard InChI is InChI=1S/C22H20FN7O3S/c23-17-5-3-16(4-6-17)15-26-22(31)18-7-8-21(28-27-18)29-10-12-30(13-11-29)34(32,33)20-2-1-9-25-19(20)14-24/h1-9H,10-13,15H2,(H,26,31). The minimum absolute atomic E-state index is 0.109. The maximum atomic E-state index is 13.0. The van der Waals surface area contributed by atoms with Crippen LogP contribution in [-0.4, -0.2) is 60.0 Å². The van der Waals surface area contributed by atoms with Gasteiger partial charge in [0.15, 0.2) is 17.2 Å². The Balaban J connectivity index is 1.35. The molecule has 0 saturated carbocycles. The highest BCUT2D eigenvalue weighted by Gasteiger charge is 2.31. The summed E-state index contributed by atoms with van der Waals surface area (Å²) in [5.41, 5.74) is 0.747. The highest BCUT2D eigenvalue weighted by Crippen LogP contribution is 2.21. The van der Waals surface area contributed by atoms with Crippen LogP contribution in [0.3, 0.4) is 0 Å². The minimum Gasteiger partial charge on any atom is -0.352 e. The molecule has 1 amide bonds. The number of halogens is 1. The number of pyridine rings is 1. The van der Waals surface area contributed by atoms with Crippen LogP contribution in [0.25, 0.3) is 0 Å². The van der Waals surface area contributed by atoms with Crippen molar-refractivity contribution in [3.05, 3.63) is 77.5 Å². The molecule has 3 aromatic rings. The molecule has 4 rings (SSSR count).